The molecule has 0 saturated heterocycles. The van der Waals surface area contributed by atoms with Gasteiger partial charge in [0.15, 0.2) is 0 Å². The van der Waals surface area contributed by atoms with Crippen LogP contribution in [-0.2, 0) is 10.0 Å². The molecule has 0 amide bonds. The summed E-state index contributed by atoms with van der Waals surface area (Å²) < 4.78 is 27.4. The number of rotatable bonds is 11. The Hall–Kier alpha value is -0.140. The van der Waals surface area contributed by atoms with Crippen molar-refractivity contribution in [3.8, 4) is 0 Å². The van der Waals surface area contributed by atoms with Crippen LogP contribution < -0.4 is 4.72 Å². The molecule has 1 rings (SSSR count). The predicted molar refractivity (Wildman–Crippen MR) is 102 cm³/mol. The number of alkyl halides is 1. The van der Waals surface area contributed by atoms with Crippen LogP contribution in [-0.4, -0.2) is 18.9 Å². The van der Waals surface area contributed by atoms with Crippen molar-refractivity contribution in [3.63, 3.8) is 0 Å². The van der Waals surface area contributed by atoms with E-state index >= 15 is 0 Å². The second kappa shape index (κ2) is 10.6. The van der Waals surface area contributed by atoms with Gasteiger partial charge in [-0.05, 0) is 25.5 Å². The van der Waals surface area contributed by atoms with Gasteiger partial charge in [0.25, 0.3) is 0 Å². The topological polar surface area (TPSA) is 46.2 Å². The van der Waals surface area contributed by atoms with Gasteiger partial charge in [0.05, 0.1) is 4.90 Å². The lowest BCUT2D eigenvalue weighted by atomic mass is 10.1. The average Bonchev–Trinajstić information content (AvgIpc) is 2.49. The highest BCUT2D eigenvalue weighted by atomic mass is 127. The molecule has 126 valence electrons. The standard InChI is InChI=1S/C17H28INO2S/c1-3-4-5-6-7-8-9-16(18)14-19-22(20,21)17-12-10-15(2)11-13-17/h10-13,16,19H,3-9,14H2,1-2H3. The first-order valence-electron chi connectivity index (χ1n) is 8.16. The zero-order valence-corrected chi connectivity index (χ0v) is 16.6. The molecule has 0 bridgehead atoms. The van der Waals surface area contributed by atoms with E-state index in [1.165, 1.54) is 38.5 Å². The summed E-state index contributed by atoms with van der Waals surface area (Å²) in [6.45, 7) is 4.68. The number of hydrogen-bond acceptors (Lipinski definition) is 2. The Morgan fingerprint density at radius 3 is 2.27 bits per heavy atom. The number of sulfonamides is 1. The number of nitrogens with one attached hydrogen (secondary N) is 1. The summed E-state index contributed by atoms with van der Waals surface area (Å²) >= 11 is 2.35. The summed E-state index contributed by atoms with van der Waals surface area (Å²) in [5, 5.41) is 0. The van der Waals surface area contributed by atoms with Gasteiger partial charge in [-0.25, -0.2) is 13.1 Å². The first-order valence-corrected chi connectivity index (χ1v) is 10.9. The molecule has 0 aliphatic heterocycles. The molecule has 0 heterocycles. The smallest absolute Gasteiger partial charge is 0.210 e. The number of benzene rings is 1. The van der Waals surface area contributed by atoms with E-state index in [1.807, 2.05) is 19.1 Å². The van der Waals surface area contributed by atoms with Crippen molar-refractivity contribution in [3.05, 3.63) is 29.8 Å². The van der Waals surface area contributed by atoms with E-state index in [4.69, 9.17) is 0 Å². The minimum absolute atomic E-state index is 0.348. The Labute approximate surface area is 149 Å². The van der Waals surface area contributed by atoms with Gasteiger partial charge in [-0.1, -0.05) is 85.7 Å². The van der Waals surface area contributed by atoms with Crippen LogP contribution in [0.3, 0.4) is 0 Å². The van der Waals surface area contributed by atoms with Crippen LogP contribution in [0.5, 0.6) is 0 Å². The van der Waals surface area contributed by atoms with Gasteiger partial charge in [-0.15, -0.1) is 0 Å². The van der Waals surface area contributed by atoms with Gasteiger partial charge in [0, 0.05) is 10.5 Å². The van der Waals surface area contributed by atoms with Crippen molar-refractivity contribution in [2.24, 2.45) is 0 Å². The Kier molecular flexibility index (Phi) is 9.59. The van der Waals surface area contributed by atoms with Crippen LogP contribution in [0, 0.1) is 6.92 Å². The monoisotopic (exact) mass is 437 g/mol. The summed E-state index contributed by atoms with van der Waals surface area (Å²) in [5.74, 6) is 0. The molecular weight excluding hydrogens is 409 g/mol. The third-order valence-electron chi connectivity index (χ3n) is 3.70. The fourth-order valence-corrected chi connectivity index (χ4v) is 4.29. The Bertz CT molecular complexity index is 514. The number of hydrogen-bond donors (Lipinski definition) is 1. The summed E-state index contributed by atoms with van der Waals surface area (Å²) in [7, 11) is -3.37. The SMILES string of the molecule is CCCCCCCCC(I)CNS(=O)(=O)c1ccc(C)cc1. The maximum Gasteiger partial charge on any atom is 0.240 e. The van der Waals surface area contributed by atoms with Crippen LogP contribution >= 0.6 is 22.6 Å². The molecule has 1 N–H and O–H groups in total. The Morgan fingerprint density at radius 1 is 1.05 bits per heavy atom. The van der Waals surface area contributed by atoms with Gasteiger partial charge >= 0.3 is 0 Å². The molecule has 0 saturated carbocycles. The van der Waals surface area contributed by atoms with Crippen LogP contribution in [0.15, 0.2) is 29.2 Å². The van der Waals surface area contributed by atoms with E-state index < -0.39 is 10.0 Å². The summed E-state index contributed by atoms with van der Waals surface area (Å²) in [5.41, 5.74) is 1.06. The molecule has 0 aromatic heterocycles. The predicted octanol–water partition coefficient (Wildman–Crippen LogP) is 4.83. The Balaban J connectivity index is 2.28. The molecule has 0 fully saturated rings. The second-order valence-electron chi connectivity index (χ2n) is 5.82. The van der Waals surface area contributed by atoms with Gasteiger partial charge in [0.1, 0.15) is 0 Å². The quantitative estimate of drug-likeness (QED) is 0.306. The molecule has 3 nitrogen and oxygen atoms in total. The van der Waals surface area contributed by atoms with Crippen molar-refractivity contribution in [1.29, 1.82) is 0 Å². The molecule has 0 aliphatic rings. The number of halogens is 1. The largest absolute Gasteiger partial charge is 0.240 e. The average molecular weight is 437 g/mol. The first-order chi connectivity index (χ1) is 10.5. The third kappa shape index (κ3) is 7.92. The van der Waals surface area contributed by atoms with Crippen molar-refractivity contribution >= 4 is 32.6 Å². The molecular formula is C17H28INO2S. The van der Waals surface area contributed by atoms with Crippen molar-refractivity contribution in [2.75, 3.05) is 6.54 Å². The van der Waals surface area contributed by atoms with E-state index in [9.17, 15) is 8.42 Å². The zero-order chi connectivity index (χ0) is 16.4. The maximum absolute atomic E-state index is 12.2. The summed E-state index contributed by atoms with van der Waals surface area (Å²) in [6.07, 6.45) is 8.73. The van der Waals surface area contributed by atoms with Gasteiger partial charge in [-0.3, -0.25) is 0 Å². The van der Waals surface area contributed by atoms with Crippen molar-refractivity contribution in [2.45, 2.75) is 67.6 Å². The molecule has 5 heteroatoms. The molecule has 1 aromatic carbocycles. The normalized spacial score (nSPS) is 13.2. The van der Waals surface area contributed by atoms with E-state index in [1.54, 1.807) is 12.1 Å². The Morgan fingerprint density at radius 2 is 1.64 bits per heavy atom. The van der Waals surface area contributed by atoms with Gasteiger partial charge in [0.2, 0.25) is 10.0 Å². The minimum Gasteiger partial charge on any atom is -0.210 e. The van der Waals surface area contributed by atoms with Crippen molar-refractivity contribution in [1.82, 2.24) is 4.72 Å². The lowest BCUT2D eigenvalue weighted by Gasteiger charge is -2.12. The fourth-order valence-electron chi connectivity index (χ4n) is 2.25. The van der Waals surface area contributed by atoms with Gasteiger partial charge in [-0.2, -0.15) is 0 Å². The highest BCUT2D eigenvalue weighted by Gasteiger charge is 2.15. The number of unbranched alkanes of at least 4 members (excludes halogenated alkanes) is 5. The molecule has 1 unspecified atom stereocenters. The molecule has 1 aromatic rings. The van der Waals surface area contributed by atoms with Crippen molar-refractivity contribution < 1.29 is 8.42 Å². The number of aryl methyl sites for hydroxylation is 1. The molecule has 0 radical (unpaired) electrons. The van der Waals surface area contributed by atoms with E-state index in [0.717, 1.165) is 12.0 Å². The van der Waals surface area contributed by atoms with E-state index in [0.29, 0.717) is 15.4 Å². The zero-order valence-electron chi connectivity index (χ0n) is 13.6. The lowest BCUT2D eigenvalue weighted by Crippen LogP contribution is -2.29. The second-order valence-corrected chi connectivity index (χ2v) is 9.35. The van der Waals surface area contributed by atoms with E-state index in [-0.39, 0.29) is 0 Å². The lowest BCUT2D eigenvalue weighted by molar-refractivity contribution is 0.567. The van der Waals surface area contributed by atoms with Gasteiger partial charge < -0.3 is 0 Å². The van der Waals surface area contributed by atoms with Crippen LogP contribution in [0.1, 0.15) is 57.4 Å². The third-order valence-corrected chi connectivity index (χ3v) is 6.20. The van der Waals surface area contributed by atoms with Crippen LogP contribution in [0.4, 0.5) is 0 Å². The highest BCUT2D eigenvalue weighted by molar-refractivity contribution is 14.1. The first kappa shape index (κ1) is 19.9. The molecule has 22 heavy (non-hydrogen) atoms. The maximum atomic E-state index is 12.2. The molecule has 0 aliphatic carbocycles. The fraction of sp³-hybridized carbons (Fsp3) is 0.647. The summed E-state index contributed by atoms with van der Waals surface area (Å²) in [6, 6.07) is 6.97. The summed E-state index contributed by atoms with van der Waals surface area (Å²) in [4.78, 5) is 0.348. The highest BCUT2D eigenvalue weighted by Crippen LogP contribution is 2.15. The molecule has 1 atom stereocenters. The minimum atomic E-state index is -3.37. The van der Waals surface area contributed by atoms with Crippen LogP contribution in [0.2, 0.25) is 0 Å². The van der Waals surface area contributed by atoms with E-state index in [2.05, 4.69) is 34.2 Å². The van der Waals surface area contributed by atoms with Crippen LogP contribution in [0.25, 0.3) is 0 Å². The molecule has 0 spiro atoms.